The number of nitrogens with zero attached hydrogens (tertiary/aromatic N) is 2. The van der Waals surface area contributed by atoms with E-state index in [2.05, 4.69) is 15.3 Å². The summed E-state index contributed by atoms with van der Waals surface area (Å²) in [6, 6.07) is 6.43. The van der Waals surface area contributed by atoms with Crippen LogP contribution in [0.3, 0.4) is 0 Å². The van der Waals surface area contributed by atoms with Gasteiger partial charge in [-0.25, -0.2) is 4.98 Å². The Morgan fingerprint density at radius 2 is 2.09 bits per heavy atom. The first-order chi connectivity index (χ1) is 10.6. The number of rotatable bonds is 6. The molecular weight excluding hydrogens is 282 g/mol. The van der Waals surface area contributed by atoms with Gasteiger partial charge in [0.15, 0.2) is 0 Å². The molecule has 1 unspecified atom stereocenters. The zero-order chi connectivity index (χ0) is 15.9. The Hall–Kier alpha value is -2.47. The van der Waals surface area contributed by atoms with Crippen molar-refractivity contribution in [3.63, 3.8) is 0 Å². The number of hydrogen-bond acceptors (Lipinski definition) is 5. The summed E-state index contributed by atoms with van der Waals surface area (Å²) >= 11 is 0. The summed E-state index contributed by atoms with van der Waals surface area (Å²) in [4.78, 5) is 20.4. The van der Waals surface area contributed by atoms with Crippen LogP contribution in [-0.2, 0) is 0 Å². The molecule has 6 nitrogen and oxygen atoms in total. The highest BCUT2D eigenvalue weighted by Gasteiger charge is 2.19. The second kappa shape index (κ2) is 7.51. The van der Waals surface area contributed by atoms with E-state index in [1.807, 2.05) is 13.8 Å². The van der Waals surface area contributed by atoms with Crippen LogP contribution < -0.4 is 10.1 Å². The predicted molar refractivity (Wildman–Crippen MR) is 81.7 cm³/mol. The van der Waals surface area contributed by atoms with Crippen LogP contribution in [-0.4, -0.2) is 33.6 Å². The zero-order valence-electron chi connectivity index (χ0n) is 12.6. The van der Waals surface area contributed by atoms with Crippen molar-refractivity contribution in [2.75, 3.05) is 6.61 Å². The van der Waals surface area contributed by atoms with Gasteiger partial charge in [-0.15, -0.1) is 0 Å². The lowest BCUT2D eigenvalue weighted by Crippen LogP contribution is -2.41. The molecule has 0 saturated heterocycles. The topological polar surface area (TPSA) is 84.3 Å². The minimum Gasteiger partial charge on any atom is -0.437 e. The molecular formula is C16H19N3O3. The Balaban J connectivity index is 2.19. The lowest BCUT2D eigenvalue weighted by molar-refractivity contribution is 0.0894. The molecule has 0 bridgehead atoms. The van der Waals surface area contributed by atoms with Gasteiger partial charge in [-0.05, 0) is 30.2 Å². The van der Waals surface area contributed by atoms with Crippen molar-refractivity contribution < 1.29 is 14.6 Å². The highest BCUT2D eigenvalue weighted by molar-refractivity contribution is 5.96. The number of carbonyl (C=O) groups excluding carboxylic acids is 1. The molecule has 1 amide bonds. The molecule has 0 aliphatic carbocycles. The molecule has 0 aliphatic heterocycles. The molecule has 2 aromatic rings. The fourth-order valence-corrected chi connectivity index (χ4v) is 1.83. The molecule has 0 aromatic carbocycles. The van der Waals surface area contributed by atoms with Crippen LogP contribution in [0, 0.1) is 5.92 Å². The summed E-state index contributed by atoms with van der Waals surface area (Å²) in [7, 11) is 0. The van der Waals surface area contributed by atoms with Crippen LogP contribution >= 0.6 is 0 Å². The summed E-state index contributed by atoms with van der Waals surface area (Å²) < 4.78 is 5.61. The standard InChI is InChI=1S/C16H19N3O3/c1-11(2)14(10-20)19-15(21)13-6-4-8-18-16(13)22-12-5-3-7-17-9-12/h3-9,11,14,20H,10H2,1-2H3,(H,19,21). The molecule has 6 heteroatoms. The van der Waals surface area contributed by atoms with Gasteiger partial charge in [0.2, 0.25) is 5.88 Å². The molecule has 0 aliphatic rings. The molecule has 2 N–H and O–H groups in total. The minimum absolute atomic E-state index is 0.119. The lowest BCUT2D eigenvalue weighted by atomic mass is 10.1. The van der Waals surface area contributed by atoms with E-state index in [0.717, 1.165) is 0 Å². The maximum Gasteiger partial charge on any atom is 0.257 e. The van der Waals surface area contributed by atoms with Crippen molar-refractivity contribution in [2.45, 2.75) is 19.9 Å². The van der Waals surface area contributed by atoms with E-state index in [4.69, 9.17) is 4.74 Å². The minimum atomic E-state index is -0.334. The van der Waals surface area contributed by atoms with Gasteiger partial charge < -0.3 is 15.2 Å². The van der Waals surface area contributed by atoms with E-state index in [9.17, 15) is 9.90 Å². The van der Waals surface area contributed by atoms with E-state index >= 15 is 0 Å². The van der Waals surface area contributed by atoms with Gasteiger partial charge in [0.25, 0.3) is 5.91 Å². The number of hydrogen-bond donors (Lipinski definition) is 2. The van der Waals surface area contributed by atoms with E-state index in [0.29, 0.717) is 11.3 Å². The highest BCUT2D eigenvalue weighted by Crippen LogP contribution is 2.22. The number of nitrogens with one attached hydrogen (secondary N) is 1. The van der Waals surface area contributed by atoms with Crippen molar-refractivity contribution in [1.82, 2.24) is 15.3 Å². The molecule has 22 heavy (non-hydrogen) atoms. The molecule has 0 fully saturated rings. The van der Waals surface area contributed by atoms with Gasteiger partial charge in [-0.3, -0.25) is 9.78 Å². The van der Waals surface area contributed by atoms with Crippen LogP contribution in [0.25, 0.3) is 0 Å². The Morgan fingerprint density at radius 3 is 2.73 bits per heavy atom. The summed E-state index contributed by atoms with van der Waals surface area (Å²) in [6.07, 6.45) is 4.73. The number of ether oxygens (including phenoxy) is 1. The summed E-state index contributed by atoms with van der Waals surface area (Å²) in [5, 5.41) is 12.1. The van der Waals surface area contributed by atoms with Gasteiger partial charge in [0.1, 0.15) is 11.3 Å². The molecule has 2 rings (SSSR count). The fourth-order valence-electron chi connectivity index (χ4n) is 1.83. The average molecular weight is 301 g/mol. The van der Waals surface area contributed by atoms with E-state index in [-0.39, 0.29) is 30.4 Å². The average Bonchev–Trinajstić information content (AvgIpc) is 2.53. The summed E-state index contributed by atoms with van der Waals surface area (Å²) in [5.41, 5.74) is 0.311. The number of pyridine rings is 2. The first-order valence-electron chi connectivity index (χ1n) is 7.06. The van der Waals surface area contributed by atoms with Gasteiger partial charge in [-0.2, -0.15) is 0 Å². The van der Waals surface area contributed by atoms with Crippen molar-refractivity contribution in [3.8, 4) is 11.6 Å². The zero-order valence-corrected chi connectivity index (χ0v) is 12.6. The second-order valence-electron chi connectivity index (χ2n) is 5.15. The smallest absolute Gasteiger partial charge is 0.257 e. The molecule has 116 valence electrons. The van der Waals surface area contributed by atoms with Crippen molar-refractivity contribution >= 4 is 5.91 Å². The van der Waals surface area contributed by atoms with Crippen molar-refractivity contribution in [3.05, 3.63) is 48.4 Å². The quantitative estimate of drug-likeness (QED) is 0.852. The van der Waals surface area contributed by atoms with Crippen LogP contribution in [0.2, 0.25) is 0 Å². The maximum absolute atomic E-state index is 12.4. The van der Waals surface area contributed by atoms with Crippen LogP contribution in [0.1, 0.15) is 24.2 Å². The molecule has 1 atom stereocenters. The Labute approximate surface area is 129 Å². The van der Waals surface area contributed by atoms with Crippen LogP contribution in [0.5, 0.6) is 11.6 Å². The van der Waals surface area contributed by atoms with Gasteiger partial charge in [0, 0.05) is 12.4 Å². The predicted octanol–water partition coefficient (Wildman–Crippen LogP) is 2.02. The monoisotopic (exact) mass is 301 g/mol. The van der Waals surface area contributed by atoms with Gasteiger partial charge in [0.05, 0.1) is 18.8 Å². The largest absolute Gasteiger partial charge is 0.437 e. The van der Waals surface area contributed by atoms with Gasteiger partial charge in [-0.1, -0.05) is 13.8 Å². The lowest BCUT2D eigenvalue weighted by Gasteiger charge is -2.20. The highest BCUT2D eigenvalue weighted by atomic mass is 16.5. The third kappa shape index (κ3) is 4.02. The maximum atomic E-state index is 12.4. The fraction of sp³-hybridized carbons (Fsp3) is 0.312. The first kappa shape index (κ1) is 15.9. The third-order valence-corrected chi connectivity index (χ3v) is 3.18. The Bertz CT molecular complexity index is 617. The molecule has 2 heterocycles. The van der Waals surface area contributed by atoms with Crippen molar-refractivity contribution in [1.29, 1.82) is 0 Å². The number of aromatic nitrogens is 2. The molecule has 0 saturated carbocycles. The van der Waals surface area contributed by atoms with Crippen LogP contribution in [0.4, 0.5) is 0 Å². The third-order valence-electron chi connectivity index (χ3n) is 3.18. The first-order valence-corrected chi connectivity index (χ1v) is 7.06. The summed E-state index contributed by atoms with van der Waals surface area (Å²) in [6.45, 7) is 3.73. The second-order valence-corrected chi connectivity index (χ2v) is 5.15. The van der Waals surface area contributed by atoms with E-state index in [1.165, 1.54) is 0 Å². The van der Waals surface area contributed by atoms with E-state index in [1.54, 1.807) is 42.9 Å². The SMILES string of the molecule is CC(C)C(CO)NC(=O)c1cccnc1Oc1cccnc1. The van der Waals surface area contributed by atoms with E-state index < -0.39 is 0 Å². The van der Waals surface area contributed by atoms with Crippen molar-refractivity contribution in [2.24, 2.45) is 5.92 Å². The van der Waals surface area contributed by atoms with Crippen LogP contribution in [0.15, 0.2) is 42.9 Å². The Morgan fingerprint density at radius 1 is 1.32 bits per heavy atom. The number of carbonyl (C=O) groups is 1. The number of amides is 1. The molecule has 0 radical (unpaired) electrons. The van der Waals surface area contributed by atoms with Gasteiger partial charge >= 0.3 is 0 Å². The summed E-state index contributed by atoms with van der Waals surface area (Å²) in [5.74, 6) is 0.485. The Kier molecular flexibility index (Phi) is 5.43. The molecule has 2 aromatic heterocycles. The number of aliphatic hydroxyl groups excluding tert-OH is 1. The normalized spacial score (nSPS) is 12.0. The number of aliphatic hydroxyl groups is 1. The molecule has 0 spiro atoms.